The Balaban J connectivity index is 5.28. The summed E-state index contributed by atoms with van der Waals surface area (Å²) >= 11 is 0.127. The van der Waals surface area contributed by atoms with Crippen molar-refractivity contribution >= 4 is 30.1 Å². The molecule has 0 saturated carbocycles. The van der Waals surface area contributed by atoms with Gasteiger partial charge in [0, 0.05) is 0 Å². The minimum atomic E-state index is -5.43. The topological polar surface area (TPSA) is 161 Å². The van der Waals surface area contributed by atoms with Gasteiger partial charge in [-0.3, -0.25) is 0 Å². The summed E-state index contributed by atoms with van der Waals surface area (Å²) in [6, 6.07) is -1.67. The van der Waals surface area contributed by atoms with Gasteiger partial charge in [0.25, 0.3) is 0 Å². The van der Waals surface area contributed by atoms with Crippen molar-refractivity contribution in [3.8, 4) is 0 Å². The van der Waals surface area contributed by atoms with Crippen molar-refractivity contribution in [3.05, 3.63) is 0 Å². The van der Waals surface area contributed by atoms with Crippen LogP contribution in [0.2, 0.25) is 11.1 Å². The molecule has 0 aromatic heterocycles. The molecule has 11 heteroatoms. The Labute approximate surface area is 98.7 Å². The zero-order chi connectivity index (χ0) is 13.2. The molecule has 0 bridgehead atoms. The van der Waals surface area contributed by atoms with E-state index in [9.17, 15) is 14.2 Å². The summed E-state index contributed by atoms with van der Waals surface area (Å²) in [7, 11) is -10.9. The average molecular weight is 342 g/mol. The van der Waals surface area contributed by atoms with Crippen molar-refractivity contribution in [2.24, 2.45) is 5.73 Å². The van der Waals surface area contributed by atoms with Crippen LogP contribution in [-0.4, -0.2) is 50.8 Å². The molecule has 98 valence electrons. The van der Waals surface area contributed by atoms with Crippen LogP contribution in [0.25, 0.3) is 0 Å². The van der Waals surface area contributed by atoms with Gasteiger partial charge in [-0.05, 0) is 0 Å². The molecule has 0 spiro atoms. The SMILES string of the molecule is C[Se]CCC(N)C(O)(P(=O)(O)O)P(=O)(O)O. The molecule has 0 heterocycles. The fourth-order valence-corrected chi connectivity index (χ4v) is 4.55. The van der Waals surface area contributed by atoms with Crippen LogP contribution in [0.15, 0.2) is 0 Å². The third-order valence-corrected chi connectivity index (χ3v) is 7.28. The van der Waals surface area contributed by atoms with Gasteiger partial charge in [0.1, 0.15) is 0 Å². The summed E-state index contributed by atoms with van der Waals surface area (Å²) in [6.45, 7) is 0. The maximum atomic E-state index is 11.0. The Kier molecular flexibility index (Phi) is 5.85. The van der Waals surface area contributed by atoms with Crippen LogP contribution in [0.4, 0.5) is 0 Å². The van der Waals surface area contributed by atoms with Crippen LogP contribution in [0.1, 0.15) is 6.42 Å². The van der Waals surface area contributed by atoms with Gasteiger partial charge in [-0.2, -0.15) is 0 Å². The molecular weight excluding hydrogens is 327 g/mol. The second kappa shape index (κ2) is 5.59. The van der Waals surface area contributed by atoms with E-state index in [0.29, 0.717) is 5.32 Å². The van der Waals surface area contributed by atoms with E-state index >= 15 is 0 Å². The van der Waals surface area contributed by atoms with Gasteiger partial charge in [-0.1, -0.05) is 0 Å². The van der Waals surface area contributed by atoms with Crippen molar-refractivity contribution < 1.29 is 33.8 Å². The van der Waals surface area contributed by atoms with E-state index < -0.39 is 26.3 Å². The van der Waals surface area contributed by atoms with Crippen molar-refractivity contribution in [1.29, 1.82) is 0 Å². The van der Waals surface area contributed by atoms with E-state index in [-0.39, 0.29) is 21.4 Å². The third kappa shape index (κ3) is 3.37. The van der Waals surface area contributed by atoms with Crippen LogP contribution in [0.5, 0.6) is 0 Å². The first-order valence-corrected chi connectivity index (χ1v) is 10.2. The summed E-state index contributed by atoms with van der Waals surface area (Å²) in [5.74, 6) is 1.83. The Hall–Kier alpha value is 0.739. The van der Waals surface area contributed by atoms with E-state index in [4.69, 9.17) is 25.3 Å². The summed E-state index contributed by atoms with van der Waals surface area (Å²) in [6.07, 6.45) is -0.0662. The number of rotatable bonds is 6. The normalized spacial score (nSPS) is 16.2. The third-order valence-electron chi connectivity index (χ3n) is 1.99. The monoisotopic (exact) mass is 343 g/mol. The number of hydrogen-bond acceptors (Lipinski definition) is 4. The molecule has 0 aromatic rings. The van der Waals surface area contributed by atoms with Gasteiger partial charge in [0.15, 0.2) is 0 Å². The predicted molar refractivity (Wildman–Crippen MR) is 58.1 cm³/mol. The first-order chi connectivity index (χ1) is 6.98. The van der Waals surface area contributed by atoms with Gasteiger partial charge in [-0.25, -0.2) is 0 Å². The quantitative estimate of drug-likeness (QED) is 0.261. The zero-order valence-corrected chi connectivity index (χ0v) is 11.9. The van der Waals surface area contributed by atoms with Gasteiger partial charge >= 0.3 is 98.4 Å². The Morgan fingerprint density at radius 3 is 1.88 bits per heavy atom. The minimum absolute atomic E-state index is 0.0662. The van der Waals surface area contributed by atoms with E-state index in [1.807, 2.05) is 5.82 Å². The van der Waals surface area contributed by atoms with Gasteiger partial charge < -0.3 is 0 Å². The van der Waals surface area contributed by atoms with E-state index in [0.717, 1.165) is 0 Å². The van der Waals surface area contributed by atoms with Crippen LogP contribution in [0.3, 0.4) is 0 Å². The molecule has 8 nitrogen and oxygen atoms in total. The van der Waals surface area contributed by atoms with E-state index in [1.165, 1.54) is 0 Å². The van der Waals surface area contributed by atoms with Gasteiger partial charge in [0.05, 0.1) is 0 Å². The second-order valence-corrected chi connectivity index (χ2v) is 9.12. The molecule has 0 aliphatic heterocycles. The zero-order valence-electron chi connectivity index (χ0n) is 8.42. The molecule has 16 heavy (non-hydrogen) atoms. The van der Waals surface area contributed by atoms with Crippen molar-refractivity contribution in [1.82, 2.24) is 0 Å². The second-order valence-electron chi connectivity index (χ2n) is 3.16. The van der Waals surface area contributed by atoms with Gasteiger partial charge in [-0.15, -0.1) is 0 Å². The molecule has 1 unspecified atom stereocenters. The fraction of sp³-hybridized carbons (Fsp3) is 1.00. The van der Waals surface area contributed by atoms with Crippen LogP contribution in [0, 0.1) is 0 Å². The molecule has 7 N–H and O–H groups in total. The molecule has 0 saturated heterocycles. The van der Waals surface area contributed by atoms with Gasteiger partial charge in [0.2, 0.25) is 0 Å². The fourth-order valence-electron chi connectivity index (χ4n) is 1.04. The molecule has 0 aliphatic carbocycles. The van der Waals surface area contributed by atoms with Crippen molar-refractivity contribution in [2.45, 2.75) is 28.7 Å². The first-order valence-electron chi connectivity index (χ1n) is 4.06. The molecular formula is C5H15NO7P2Se. The van der Waals surface area contributed by atoms with Crippen LogP contribution < -0.4 is 5.73 Å². The summed E-state index contributed by atoms with van der Waals surface area (Å²) in [4.78, 5) is 35.3. The molecule has 1 atom stereocenters. The first kappa shape index (κ1) is 16.7. The molecule has 0 amide bonds. The van der Waals surface area contributed by atoms with E-state index in [2.05, 4.69) is 0 Å². The molecule has 0 radical (unpaired) electrons. The molecule has 0 fully saturated rings. The molecule has 0 rings (SSSR count). The Morgan fingerprint density at radius 2 is 1.62 bits per heavy atom. The van der Waals surface area contributed by atoms with E-state index in [1.54, 1.807) is 0 Å². The van der Waals surface area contributed by atoms with Crippen LogP contribution in [-0.2, 0) is 9.13 Å². The number of nitrogens with two attached hydrogens (primary N) is 1. The summed E-state index contributed by atoms with van der Waals surface area (Å²) in [5, 5.41) is 6.50. The molecule has 0 aromatic carbocycles. The number of aliphatic hydroxyl groups is 1. The average Bonchev–Trinajstić information content (AvgIpc) is 2.08. The maximum absolute atomic E-state index is 11.0. The van der Waals surface area contributed by atoms with Crippen molar-refractivity contribution in [3.63, 3.8) is 0 Å². The molecule has 0 aliphatic rings. The predicted octanol–water partition coefficient (Wildman–Crippen LogP) is -1.12. The van der Waals surface area contributed by atoms with Crippen LogP contribution >= 0.6 is 15.2 Å². The Bertz CT molecular complexity index is 303. The summed E-state index contributed by atoms with van der Waals surface area (Å²) in [5.41, 5.74) is 5.29. The van der Waals surface area contributed by atoms with Crippen molar-refractivity contribution in [2.75, 3.05) is 0 Å². The summed E-state index contributed by atoms with van der Waals surface area (Å²) < 4.78 is 22.0. The standard InChI is InChI=1S/C5H15NO7P2Se/c1-16-3-2-4(6)5(7,14(8,9)10)15(11,12)13/h4,7H,2-3,6H2,1H3,(H2,8,9,10)(H2,11,12,13). The number of hydrogen-bond donors (Lipinski definition) is 6. The Morgan fingerprint density at radius 1 is 1.25 bits per heavy atom.